The number of nitrogens with zero attached hydrogens (tertiary/aromatic N) is 2. The summed E-state index contributed by atoms with van der Waals surface area (Å²) in [4.78, 5) is 24.6. The van der Waals surface area contributed by atoms with Crippen LogP contribution in [0.25, 0.3) is 0 Å². The second-order valence-corrected chi connectivity index (χ2v) is 5.92. The monoisotopic (exact) mass is 344 g/mol. The second-order valence-electron chi connectivity index (χ2n) is 5.92. The predicted octanol–water partition coefficient (Wildman–Crippen LogP) is -2.65. The van der Waals surface area contributed by atoms with Crippen molar-refractivity contribution < 1.29 is 19.8 Å². The van der Waals surface area contributed by atoms with Crippen molar-refractivity contribution in [3.63, 3.8) is 0 Å². The van der Waals surface area contributed by atoms with Gasteiger partial charge in [0.05, 0.1) is 0 Å². The number of carbonyl (C=O) groups is 2. The molecule has 8 heteroatoms. The maximum atomic E-state index is 9.77. The van der Waals surface area contributed by atoms with E-state index in [9.17, 15) is 19.8 Å². The van der Waals surface area contributed by atoms with Gasteiger partial charge in [0, 0.05) is 38.1 Å². The number of unbranched alkanes of at least 4 members (excludes halogenated alkanes) is 1. The van der Waals surface area contributed by atoms with Crippen LogP contribution in [-0.4, -0.2) is 74.1 Å². The lowest BCUT2D eigenvalue weighted by atomic mass is 10.2. The molecule has 4 N–H and O–H groups in total. The van der Waals surface area contributed by atoms with Crippen LogP contribution in [0.2, 0.25) is 0 Å². The minimum Gasteiger partial charge on any atom is -0.550 e. The number of nitrogens with two attached hydrogens (primary N) is 2. The molecule has 1 heterocycles. The normalized spacial score (nSPS) is 15.6. The van der Waals surface area contributed by atoms with Crippen LogP contribution in [-0.2, 0) is 9.59 Å². The van der Waals surface area contributed by atoms with Crippen molar-refractivity contribution in [3.8, 4) is 0 Å². The lowest BCUT2D eigenvalue weighted by Gasteiger charge is -2.34. The van der Waals surface area contributed by atoms with Crippen molar-refractivity contribution >= 4 is 11.9 Å². The van der Waals surface area contributed by atoms with Gasteiger partial charge < -0.3 is 41.1 Å². The van der Waals surface area contributed by atoms with Crippen LogP contribution >= 0.6 is 0 Å². The Hall–Kier alpha value is -1.22. The summed E-state index contributed by atoms with van der Waals surface area (Å²) >= 11 is 0. The molecule has 0 saturated carbocycles. The smallest absolute Gasteiger partial charge is 0.0414 e. The van der Waals surface area contributed by atoms with Crippen LogP contribution in [0.5, 0.6) is 0 Å². The molecule has 0 atom stereocenters. The van der Waals surface area contributed by atoms with E-state index in [1.54, 1.807) is 0 Å². The minimum absolute atomic E-state index is 0.0761. The molecule has 1 aliphatic rings. The summed E-state index contributed by atoms with van der Waals surface area (Å²) in [6.45, 7) is 8.76. The first-order valence-electron chi connectivity index (χ1n) is 8.74. The van der Waals surface area contributed by atoms with Crippen LogP contribution in [0.1, 0.15) is 38.5 Å². The van der Waals surface area contributed by atoms with Crippen molar-refractivity contribution in [1.29, 1.82) is 0 Å². The van der Waals surface area contributed by atoms with Gasteiger partial charge in [-0.25, -0.2) is 0 Å². The third kappa shape index (κ3) is 14.4. The Morgan fingerprint density at radius 3 is 1.29 bits per heavy atom. The molecule has 0 radical (unpaired) electrons. The largest absolute Gasteiger partial charge is 0.550 e. The molecule has 0 aromatic heterocycles. The zero-order chi connectivity index (χ0) is 18.2. The van der Waals surface area contributed by atoms with Gasteiger partial charge in [-0.1, -0.05) is 0 Å². The van der Waals surface area contributed by atoms with Crippen molar-refractivity contribution in [2.75, 3.05) is 52.4 Å². The van der Waals surface area contributed by atoms with Crippen molar-refractivity contribution in [3.05, 3.63) is 0 Å². The average molecular weight is 344 g/mol. The fraction of sp³-hybridized carbons (Fsp3) is 0.875. The summed E-state index contributed by atoms with van der Waals surface area (Å²) < 4.78 is 0. The highest BCUT2D eigenvalue weighted by Gasteiger charge is 2.15. The van der Waals surface area contributed by atoms with Gasteiger partial charge in [-0.3, -0.25) is 0 Å². The molecule has 24 heavy (non-hydrogen) atoms. The van der Waals surface area contributed by atoms with E-state index in [-0.39, 0.29) is 12.8 Å². The first-order valence-corrected chi connectivity index (χ1v) is 8.74. The van der Waals surface area contributed by atoms with E-state index in [4.69, 9.17) is 11.5 Å². The lowest BCUT2D eigenvalue weighted by Crippen LogP contribution is -2.47. The highest BCUT2D eigenvalue weighted by Crippen LogP contribution is 2.02. The van der Waals surface area contributed by atoms with Crippen molar-refractivity contribution in [1.82, 2.24) is 9.80 Å². The van der Waals surface area contributed by atoms with Gasteiger partial charge >= 0.3 is 0 Å². The minimum atomic E-state index is -1.14. The first-order chi connectivity index (χ1) is 11.5. The first kappa shape index (κ1) is 22.8. The number of hydrogen-bond acceptors (Lipinski definition) is 8. The molecule has 0 amide bonds. The number of carboxylic acids is 2. The van der Waals surface area contributed by atoms with E-state index < -0.39 is 11.9 Å². The Labute approximate surface area is 144 Å². The van der Waals surface area contributed by atoms with E-state index in [1.165, 1.54) is 39.3 Å². The van der Waals surface area contributed by atoms with Crippen LogP contribution in [0.3, 0.4) is 0 Å². The number of carboxylic acid groups (broad SMARTS) is 2. The van der Waals surface area contributed by atoms with E-state index in [2.05, 4.69) is 9.80 Å². The molecule has 142 valence electrons. The van der Waals surface area contributed by atoms with Crippen molar-refractivity contribution in [2.24, 2.45) is 11.5 Å². The Morgan fingerprint density at radius 2 is 1.04 bits per heavy atom. The predicted molar refractivity (Wildman–Crippen MR) is 88.7 cm³/mol. The van der Waals surface area contributed by atoms with Crippen LogP contribution < -0.4 is 21.7 Å². The molecule has 1 rings (SSSR count). The molecule has 0 aromatic rings. The third-order valence-corrected chi connectivity index (χ3v) is 3.83. The maximum absolute atomic E-state index is 9.77. The molecule has 0 spiro atoms. The second kappa shape index (κ2) is 15.3. The standard InChI is InChI=1S/C10H24N4.C6H10O4/c11-3-1-5-13-7-9-14(10-8-13)6-2-4-12;7-5(8)3-1-2-4-6(9)10/h1-12H2;1-4H2,(H,7,8)(H,9,10)/p-2. The number of carbonyl (C=O) groups excluding carboxylic acids is 2. The summed E-state index contributed by atoms with van der Waals surface area (Å²) in [7, 11) is 0. The molecule has 1 saturated heterocycles. The Bertz CT molecular complexity index is 302. The molecule has 1 aliphatic heterocycles. The fourth-order valence-electron chi connectivity index (χ4n) is 2.40. The van der Waals surface area contributed by atoms with Crippen LogP contribution in [0.15, 0.2) is 0 Å². The van der Waals surface area contributed by atoms with Gasteiger partial charge in [0.2, 0.25) is 0 Å². The summed E-state index contributed by atoms with van der Waals surface area (Å²) in [5.41, 5.74) is 11.0. The maximum Gasteiger partial charge on any atom is 0.0414 e. The average Bonchev–Trinajstić information content (AvgIpc) is 2.56. The topological polar surface area (TPSA) is 139 Å². The molecule has 0 bridgehead atoms. The Morgan fingerprint density at radius 1 is 0.708 bits per heavy atom. The summed E-state index contributed by atoms with van der Waals surface area (Å²) in [5.74, 6) is -2.28. The van der Waals surface area contributed by atoms with Gasteiger partial charge in [0.15, 0.2) is 0 Å². The zero-order valence-electron chi connectivity index (χ0n) is 14.6. The van der Waals surface area contributed by atoms with Gasteiger partial charge in [0.25, 0.3) is 0 Å². The highest BCUT2D eigenvalue weighted by molar-refractivity contribution is 5.65. The molecule has 0 aromatic carbocycles. The molecule has 1 fully saturated rings. The lowest BCUT2D eigenvalue weighted by molar-refractivity contribution is -0.308. The molecule has 0 unspecified atom stereocenters. The summed E-state index contributed by atoms with van der Waals surface area (Å²) in [6.07, 6.45) is 2.79. The molecule has 0 aliphatic carbocycles. The summed E-state index contributed by atoms with van der Waals surface area (Å²) in [6, 6.07) is 0. The Kier molecular flexibility index (Phi) is 14.5. The van der Waals surface area contributed by atoms with Crippen LogP contribution in [0.4, 0.5) is 0 Å². The number of piperazine rings is 1. The molecular weight excluding hydrogens is 312 g/mol. The summed E-state index contributed by atoms with van der Waals surface area (Å²) in [5, 5.41) is 19.5. The quantitative estimate of drug-likeness (QED) is 0.387. The van der Waals surface area contributed by atoms with E-state index in [0.717, 1.165) is 25.9 Å². The fourth-order valence-corrected chi connectivity index (χ4v) is 2.40. The highest BCUT2D eigenvalue weighted by atomic mass is 16.4. The van der Waals surface area contributed by atoms with E-state index in [0.29, 0.717) is 12.8 Å². The zero-order valence-corrected chi connectivity index (χ0v) is 14.6. The number of rotatable bonds is 11. The van der Waals surface area contributed by atoms with Gasteiger partial charge in [-0.2, -0.15) is 0 Å². The molecular formula is C16H32N4O4-2. The number of hydrogen-bond donors (Lipinski definition) is 2. The van der Waals surface area contributed by atoms with Crippen molar-refractivity contribution in [2.45, 2.75) is 38.5 Å². The van der Waals surface area contributed by atoms with Gasteiger partial charge in [0.1, 0.15) is 0 Å². The van der Waals surface area contributed by atoms with E-state index >= 15 is 0 Å². The van der Waals surface area contributed by atoms with E-state index in [1.807, 2.05) is 0 Å². The third-order valence-electron chi connectivity index (χ3n) is 3.83. The van der Waals surface area contributed by atoms with Gasteiger partial charge in [-0.15, -0.1) is 0 Å². The van der Waals surface area contributed by atoms with Crippen LogP contribution in [0, 0.1) is 0 Å². The van der Waals surface area contributed by atoms with Gasteiger partial charge in [-0.05, 0) is 64.7 Å². The molecule has 8 nitrogen and oxygen atoms in total. The number of aliphatic carboxylic acids is 2. The SMILES string of the molecule is NCCCN1CCN(CCCN)CC1.O=C([O-])CCCCC(=O)[O-]. The Balaban J connectivity index is 0.000000470.